The quantitative estimate of drug-likeness (QED) is 0.501. The van der Waals surface area contributed by atoms with E-state index in [1.165, 1.54) is 12.1 Å². The molecule has 0 aromatic heterocycles. The van der Waals surface area contributed by atoms with Crippen molar-refractivity contribution in [1.82, 2.24) is 4.72 Å². The van der Waals surface area contributed by atoms with Crippen LogP contribution in [0.15, 0.2) is 59.5 Å². The van der Waals surface area contributed by atoms with Gasteiger partial charge in [0.15, 0.2) is 0 Å². The van der Waals surface area contributed by atoms with Crippen LogP contribution in [0.25, 0.3) is 10.8 Å². The topological polar surface area (TPSA) is 49.4 Å². The molecule has 0 radical (unpaired) electrons. The molecule has 32 heavy (non-hydrogen) atoms. The number of nitrogens with one attached hydrogen (secondary N) is 1. The molecule has 0 amide bonds. The maximum absolute atomic E-state index is 13.0. The van der Waals surface area contributed by atoms with Crippen molar-refractivity contribution in [2.24, 2.45) is 0 Å². The Morgan fingerprint density at radius 3 is 1.88 bits per heavy atom. The Kier molecular flexibility index (Phi) is 6.18. The molecule has 1 N–H and O–H groups in total. The van der Waals surface area contributed by atoms with Crippen LogP contribution in [0, 0.1) is 0 Å². The van der Waals surface area contributed by atoms with Crippen LogP contribution in [0.1, 0.15) is 16.7 Å². The first-order chi connectivity index (χ1) is 14.7. The minimum atomic E-state index is -5.02. The number of benzene rings is 3. The summed E-state index contributed by atoms with van der Waals surface area (Å²) in [4.78, 5) is 1.65. The van der Waals surface area contributed by atoms with Crippen LogP contribution in [-0.4, -0.2) is 22.5 Å². The molecule has 0 aliphatic heterocycles. The lowest BCUT2D eigenvalue weighted by Gasteiger charge is -2.17. The molecule has 172 valence electrons. The van der Waals surface area contributed by atoms with E-state index in [0.29, 0.717) is 22.9 Å². The number of sulfonamides is 1. The van der Waals surface area contributed by atoms with E-state index in [1.807, 2.05) is 0 Å². The summed E-state index contributed by atoms with van der Waals surface area (Å²) in [5, 5.41) is 0.991. The Labute approximate surface area is 180 Å². The van der Waals surface area contributed by atoms with Gasteiger partial charge in [-0.15, -0.1) is 0 Å². The molecule has 0 saturated heterocycles. The third-order valence-electron chi connectivity index (χ3n) is 4.74. The molecule has 0 atom stereocenters. The zero-order chi connectivity index (χ0) is 23.9. The molecule has 0 spiro atoms. The van der Waals surface area contributed by atoms with Crippen molar-refractivity contribution in [3.05, 3.63) is 71.3 Å². The second kappa shape index (κ2) is 8.28. The molecule has 4 nitrogen and oxygen atoms in total. The van der Waals surface area contributed by atoms with Crippen LogP contribution in [-0.2, 0) is 28.9 Å². The van der Waals surface area contributed by atoms with Gasteiger partial charge in [-0.2, -0.15) is 26.3 Å². The van der Waals surface area contributed by atoms with Crippen LogP contribution in [0.4, 0.5) is 32.0 Å². The summed E-state index contributed by atoms with van der Waals surface area (Å²) in [6.07, 6.45) is -10.0. The summed E-state index contributed by atoms with van der Waals surface area (Å²) in [7, 11) is -0.700. The lowest BCUT2D eigenvalue weighted by Crippen LogP contribution is -2.24. The largest absolute Gasteiger partial charge is 0.416 e. The van der Waals surface area contributed by atoms with Crippen LogP contribution in [0.2, 0.25) is 0 Å². The fourth-order valence-electron chi connectivity index (χ4n) is 3.27. The van der Waals surface area contributed by atoms with Gasteiger partial charge in [-0.1, -0.05) is 24.3 Å². The molecule has 0 heterocycles. The normalized spacial score (nSPS) is 12.9. The Morgan fingerprint density at radius 2 is 1.34 bits per heavy atom. The minimum absolute atomic E-state index is 0.00845. The molecule has 0 fully saturated rings. The van der Waals surface area contributed by atoms with Crippen LogP contribution < -0.4 is 9.62 Å². The summed E-state index contributed by atoms with van der Waals surface area (Å²) in [6, 6.07) is 10.5. The molecule has 0 bridgehead atoms. The summed E-state index contributed by atoms with van der Waals surface area (Å²) in [5.41, 5.74) is -2.75. The average Bonchev–Trinajstić information content (AvgIpc) is 2.69. The fraction of sp³-hybridized carbons (Fsp3) is 0.238. The molecule has 0 aliphatic carbocycles. The highest BCUT2D eigenvalue weighted by atomic mass is 32.2. The highest BCUT2D eigenvalue weighted by Gasteiger charge is 2.37. The third-order valence-corrected chi connectivity index (χ3v) is 6.20. The van der Waals surface area contributed by atoms with E-state index in [2.05, 4.69) is 4.72 Å². The van der Waals surface area contributed by atoms with E-state index in [0.717, 1.165) is 5.69 Å². The smallest absolute Gasteiger partial charge is 0.377 e. The van der Waals surface area contributed by atoms with Crippen molar-refractivity contribution in [1.29, 1.82) is 0 Å². The van der Waals surface area contributed by atoms with Crippen molar-refractivity contribution in [2.75, 3.05) is 19.0 Å². The highest BCUT2D eigenvalue weighted by molar-refractivity contribution is 7.89. The number of alkyl halides is 6. The second-order valence-corrected chi connectivity index (χ2v) is 9.00. The maximum atomic E-state index is 13.0. The number of hydrogen-bond donors (Lipinski definition) is 1. The monoisotopic (exact) mass is 476 g/mol. The number of nitrogens with zero attached hydrogens (tertiary/aromatic N) is 1. The van der Waals surface area contributed by atoms with Crippen molar-refractivity contribution in [3.63, 3.8) is 0 Å². The predicted molar refractivity (Wildman–Crippen MR) is 109 cm³/mol. The first-order valence-electron chi connectivity index (χ1n) is 9.17. The number of anilines is 1. The summed E-state index contributed by atoms with van der Waals surface area (Å²) in [6.45, 7) is -0.751. The average molecular weight is 476 g/mol. The van der Waals surface area contributed by atoms with Gasteiger partial charge in [-0.05, 0) is 35.9 Å². The van der Waals surface area contributed by atoms with Gasteiger partial charge in [0.25, 0.3) is 0 Å². The molecule has 0 unspecified atom stereocenters. The Hall–Kier alpha value is -2.79. The Morgan fingerprint density at radius 1 is 0.812 bits per heavy atom. The van der Waals surface area contributed by atoms with E-state index in [4.69, 9.17) is 0 Å². The minimum Gasteiger partial charge on any atom is -0.377 e. The van der Waals surface area contributed by atoms with Gasteiger partial charge in [0.1, 0.15) is 0 Å². The molecule has 0 saturated carbocycles. The fourth-order valence-corrected chi connectivity index (χ4v) is 4.50. The molecular weight excluding hydrogens is 458 g/mol. The lowest BCUT2D eigenvalue weighted by molar-refractivity contribution is -0.143. The molecule has 3 rings (SSSR count). The zero-order valence-corrected chi connectivity index (χ0v) is 17.7. The lowest BCUT2D eigenvalue weighted by atomic mass is 10.0. The van der Waals surface area contributed by atoms with Crippen LogP contribution in [0.3, 0.4) is 0 Å². The van der Waals surface area contributed by atoms with Gasteiger partial charge >= 0.3 is 12.4 Å². The SMILES string of the molecule is CN(C)c1cccc2c(S(=O)(=O)NCc3cc(C(F)(F)F)cc(C(F)(F)F)c3)cccc12. The first kappa shape index (κ1) is 23.9. The summed E-state index contributed by atoms with van der Waals surface area (Å²) in [5.74, 6) is 0. The first-order valence-corrected chi connectivity index (χ1v) is 10.7. The molecular formula is C21H18F6N2O2S. The van der Waals surface area contributed by atoms with Gasteiger partial charge in [0.05, 0.1) is 16.0 Å². The summed E-state index contributed by atoms with van der Waals surface area (Å²) >= 11 is 0. The van der Waals surface area contributed by atoms with E-state index in [1.54, 1.807) is 43.3 Å². The molecule has 0 aliphatic rings. The van der Waals surface area contributed by atoms with Gasteiger partial charge in [0.2, 0.25) is 10.0 Å². The Balaban J connectivity index is 2.00. The molecule has 3 aromatic rings. The summed E-state index contributed by atoms with van der Waals surface area (Å²) < 4.78 is 106. The highest BCUT2D eigenvalue weighted by Crippen LogP contribution is 2.36. The van der Waals surface area contributed by atoms with E-state index in [9.17, 15) is 34.8 Å². The number of rotatable bonds is 5. The van der Waals surface area contributed by atoms with Crippen molar-refractivity contribution in [3.8, 4) is 0 Å². The maximum Gasteiger partial charge on any atom is 0.416 e. The standard InChI is InChI=1S/C21H18F6N2O2S/c1-29(2)18-7-3-6-17-16(18)5-4-8-19(17)32(30,31)28-12-13-9-14(20(22,23)24)11-15(10-13)21(25,26)27/h3-11,28H,12H2,1-2H3. The van der Waals surface area contributed by atoms with E-state index >= 15 is 0 Å². The number of fused-ring (bicyclic) bond motifs is 1. The van der Waals surface area contributed by atoms with Gasteiger partial charge in [-0.3, -0.25) is 0 Å². The van der Waals surface area contributed by atoms with Gasteiger partial charge < -0.3 is 4.90 Å². The van der Waals surface area contributed by atoms with E-state index < -0.39 is 45.6 Å². The van der Waals surface area contributed by atoms with E-state index in [-0.39, 0.29) is 11.0 Å². The zero-order valence-electron chi connectivity index (χ0n) is 16.8. The van der Waals surface area contributed by atoms with Gasteiger partial charge in [-0.25, -0.2) is 13.1 Å². The van der Waals surface area contributed by atoms with Crippen molar-refractivity contribution >= 4 is 26.5 Å². The Bertz CT molecular complexity index is 1220. The molecule has 3 aromatic carbocycles. The van der Waals surface area contributed by atoms with Crippen molar-refractivity contribution < 1.29 is 34.8 Å². The van der Waals surface area contributed by atoms with Gasteiger partial charge in [0, 0.05) is 37.1 Å². The molecule has 11 heteroatoms. The third kappa shape index (κ3) is 4.99. The van der Waals surface area contributed by atoms with Crippen LogP contribution in [0.5, 0.6) is 0 Å². The van der Waals surface area contributed by atoms with Crippen molar-refractivity contribution in [2.45, 2.75) is 23.8 Å². The predicted octanol–water partition coefficient (Wildman–Crippen LogP) is 5.42. The number of hydrogen-bond acceptors (Lipinski definition) is 3. The number of halogens is 6. The second-order valence-electron chi connectivity index (χ2n) is 7.26. The van der Waals surface area contributed by atoms with Crippen LogP contribution >= 0.6 is 0 Å².